The highest BCUT2D eigenvalue weighted by Crippen LogP contribution is 2.29. The van der Waals surface area contributed by atoms with Gasteiger partial charge < -0.3 is 10.0 Å². The molecular weight excluding hydrogens is 274 g/mol. The zero-order valence-corrected chi connectivity index (χ0v) is 13.2. The molecule has 0 aliphatic rings. The van der Waals surface area contributed by atoms with Crippen LogP contribution in [-0.2, 0) is 0 Å². The first kappa shape index (κ1) is 16.2. The van der Waals surface area contributed by atoms with Gasteiger partial charge in [-0.05, 0) is 36.6 Å². The SMILES string of the molecule is C=CC[C@@H](O)c1ccc2ccccc2c1C(=O)N(CC)CC. The lowest BCUT2D eigenvalue weighted by molar-refractivity contribution is 0.0767. The minimum Gasteiger partial charge on any atom is -0.388 e. The Morgan fingerprint density at radius 3 is 2.55 bits per heavy atom. The van der Waals surface area contributed by atoms with Crippen molar-refractivity contribution in [2.24, 2.45) is 0 Å². The number of nitrogens with zero attached hydrogens (tertiary/aromatic N) is 1. The lowest BCUT2D eigenvalue weighted by atomic mass is 9.93. The van der Waals surface area contributed by atoms with Crippen molar-refractivity contribution in [1.82, 2.24) is 4.90 Å². The number of hydrogen-bond acceptors (Lipinski definition) is 2. The van der Waals surface area contributed by atoms with Gasteiger partial charge in [-0.2, -0.15) is 0 Å². The van der Waals surface area contributed by atoms with Crippen LogP contribution in [0.1, 0.15) is 42.3 Å². The first-order valence-corrected chi connectivity index (χ1v) is 7.73. The molecule has 0 aliphatic carbocycles. The van der Waals surface area contributed by atoms with E-state index in [1.807, 2.05) is 50.2 Å². The summed E-state index contributed by atoms with van der Waals surface area (Å²) >= 11 is 0. The van der Waals surface area contributed by atoms with Crippen LogP contribution in [0.15, 0.2) is 49.1 Å². The maximum Gasteiger partial charge on any atom is 0.254 e. The predicted molar refractivity (Wildman–Crippen MR) is 91.0 cm³/mol. The number of carbonyl (C=O) groups excluding carboxylic acids is 1. The third-order valence-electron chi connectivity index (χ3n) is 3.97. The maximum absolute atomic E-state index is 12.9. The number of carbonyl (C=O) groups is 1. The van der Waals surface area contributed by atoms with Gasteiger partial charge in [0.1, 0.15) is 0 Å². The Balaban J connectivity index is 2.67. The standard InChI is InChI=1S/C19H23NO2/c1-4-9-17(21)16-13-12-14-10-7-8-11-15(14)18(16)19(22)20(5-2)6-3/h4,7-8,10-13,17,21H,1,5-6,9H2,2-3H3/t17-/m1/s1. The fourth-order valence-electron chi connectivity index (χ4n) is 2.76. The maximum atomic E-state index is 12.9. The number of aliphatic hydroxyl groups is 1. The van der Waals surface area contributed by atoms with Crippen molar-refractivity contribution >= 4 is 16.7 Å². The molecule has 0 saturated carbocycles. The van der Waals surface area contributed by atoms with E-state index in [9.17, 15) is 9.90 Å². The molecule has 3 heteroatoms. The van der Waals surface area contributed by atoms with Crippen molar-refractivity contribution in [2.45, 2.75) is 26.4 Å². The summed E-state index contributed by atoms with van der Waals surface area (Å²) in [5.74, 6) is -0.0279. The van der Waals surface area contributed by atoms with E-state index in [0.717, 1.165) is 10.8 Å². The zero-order chi connectivity index (χ0) is 16.1. The van der Waals surface area contributed by atoms with E-state index >= 15 is 0 Å². The van der Waals surface area contributed by atoms with E-state index < -0.39 is 6.10 Å². The van der Waals surface area contributed by atoms with Crippen molar-refractivity contribution in [1.29, 1.82) is 0 Å². The Labute approximate surface area is 131 Å². The smallest absolute Gasteiger partial charge is 0.254 e. The minimum absolute atomic E-state index is 0.0279. The van der Waals surface area contributed by atoms with Gasteiger partial charge in [-0.3, -0.25) is 4.79 Å². The second kappa shape index (κ2) is 7.23. The Morgan fingerprint density at radius 2 is 1.91 bits per heavy atom. The van der Waals surface area contributed by atoms with Gasteiger partial charge in [-0.25, -0.2) is 0 Å². The van der Waals surface area contributed by atoms with Gasteiger partial charge in [0.25, 0.3) is 5.91 Å². The molecule has 0 radical (unpaired) electrons. The molecule has 0 spiro atoms. The second-order valence-corrected chi connectivity index (χ2v) is 5.27. The Hall–Kier alpha value is -2.13. The molecule has 0 aromatic heterocycles. The van der Waals surface area contributed by atoms with Crippen molar-refractivity contribution in [3.8, 4) is 0 Å². The Kier molecular flexibility index (Phi) is 5.34. The fraction of sp³-hybridized carbons (Fsp3) is 0.316. The Bertz CT molecular complexity index is 674. The zero-order valence-electron chi connectivity index (χ0n) is 13.2. The summed E-state index contributed by atoms with van der Waals surface area (Å²) in [6.07, 6.45) is 1.39. The van der Waals surface area contributed by atoms with Gasteiger partial charge >= 0.3 is 0 Å². The number of aliphatic hydroxyl groups excluding tert-OH is 1. The van der Waals surface area contributed by atoms with Crippen LogP contribution < -0.4 is 0 Å². The minimum atomic E-state index is -0.711. The van der Waals surface area contributed by atoms with E-state index in [4.69, 9.17) is 0 Å². The molecule has 0 fully saturated rings. The highest BCUT2D eigenvalue weighted by molar-refractivity contribution is 6.08. The summed E-state index contributed by atoms with van der Waals surface area (Å²) in [6, 6.07) is 11.6. The second-order valence-electron chi connectivity index (χ2n) is 5.27. The normalized spacial score (nSPS) is 12.1. The molecule has 2 aromatic rings. The van der Waals surface area contributed by atoms with Crippen molar-refractivity contribution in [2.75, 3.05) is 13.1 Å². The molecule has 0 aliphatic heterocycles. The summed E-state index contributed by atoms with van der Waals surface area (Å²) in [5, 5.41) is 12.3. The number of amides is 1. The molecule has 2 rings (SSSR count). The van der Waals surface area contributed by atoms with Crippen LogP contribution in [0.2, 0.25) is 0 Å². The van der Waals surface area contributed by atoms with Crippen LogP contribution in [0, 0.1) is 0 Å². The highest BCUT2D eigenvalue weighted by atomic mass is 16.3. The number of benzene rings is 2. The van der Waals surface area contributed by atoms with E-state index in [1.165, 1.54) is 0 Å². The van der Waals surface area contributed by atoms with E-state index in [0.29, 0.717) is 30.6 Å². The molecule has 0 unspecified atom stereocenters. The van der Waals surface area contributed by atoms with Gasteiger partial charge in [0.2, 0.25) is 0 Å². The van der Waals surface area contributed by atoms with E-state index in [1.54, 1.807) is 11.0 Å². The lowest BCUT2D eigenvalue weighted by Crippen LogP contribution is -2.31. The van der Waals surface area contributed by atoms with Crippen LogP contribution in [0.3, 0.4) is 0 Å². The summed E-state index contributed by atoms with van der Waals surface area (Å²) in [4.78, 5) is 14.7. The monoisotopic (exact) mass is 297 g/mol. The molecule has 22 heavy (non-hydrogen) atoms. The summed E-state index contributed by atoms with van der Waals surface area (Å²) in [5.41, 5.74) is 1.28. The first-order valence-electron chi connectivity index (χ1n) is 7.73. The molecule has 2 aromatic carbocycles. The topological polar surface area (TPSA) is 40.5 Å². The third kappa shape index (κ3) is 3.04. The predicted octanol–water partition coefficient (Wildman–Crippen LogP) is 3.93. The summed E-state index contributed by atoms with van der Waals surface area (Å²) < 4.78 is 0. The molecular formula is C19H23NO2. The van der Waals surface area contributed by atoms with Gasteiger partial charge in [0.15, 0.2) is 0 Å². The quantitative estimate of drug-likeness (QED) is 0.821. The average molecular weight is 297 g/mol. The number of fused-ring (bicyclic) bond motifs is 1. The van der Waals surface area contributed by atoms with Crippen LogP contribution in [0.25, 0.3) is 10.8 Å². The number of hydrogen-bond donors (Lipinski definition) is 1. The van der Waals surface area contributed by atoms with E-state index in [2.05, 4.69) is 6.58 Å². The molecule has 1 atom stereocenters. The molecule has 0 bridgehead atoms. The molecule has 0 saturated heterocycles. The van der Waals surface area contributed by atoms with Gasteiger partial charge in [0.05, 0.1) is 11.7 Å². The van der Waals surface area contributed by atoms with Gasteiger partial charge in [0, 0.05) is 13.1 Å². The Morgan fingerprint density at radius 1 is 1.23 bits per heavy atom. The van der Waals surface area contributed by atoms with Crippen LogP contribution in [-0.4, -0.2) is 29.0 Å². The highest BCUT2D eigenvalue weighted by Gasteiger charge is 2.22. The molecule has 1 amide bonds. The lowest BCUT2D eigenvalue weighted by Gasteiger charge is -2.23. The van der Waals surface area contributed by atoms with Crippen molar-refractivity contribution < 1.29 is 9.90 Å². The van der Waals surface area contributed by atoms with Crippen LogP contribution in [0.5, 0.6) is 0 Å². The molecule has 116 valence electrons. The third-order valence-corrected chi connectivity index (χ3v) is 3.97. The van der Waals surface area contributed by atoms with Crippen LogP contribution in [0.4, 0.5) is 0 Å². The first-order chi connectivity index (χ1) is 10.6. The molecule has 0 heterocycles. The van der Waals surface area contributed by atoms with Gasteiger partial charge in [-0.15, -0.1) is 6.58 Å². The van der Waals surface area contributed by atoms with Crippen molar-refractivity contribution in [3.05, 3.63) is 60.2 Å². The summed E-state index contributed by atoms with van der Waals surface area (Å²) in [7, 11) is 0. The molecule has 3 nitrogen and oxygen atoms in total. The van der Waals surface area contributed by atoms with Crippen LogP contribution >= 0.6 is 0 Å². The van der Waals surface area contributed by atoms with Crippen molar-refractivity contribution in [3.63, 3.8) is 0 Å². The number of rotatable bonds is 6. The largest absolute Gasteiger partial charge is 0.388 e. The fourth-order valence-corrected chi connectivity index (χ4v) is 2.76. The van der Waals surface area contributed by atoms with E-state index in [-0.39, 0.29) is 5.91 Å². The molecule has 1 N–H and O–H groups in total. The average Bonchev–Trinajstić information content (AvgIpc) is 2.55. The van der Waals surface area contributed by atoms with Gasteiger partial charge in [-0.1, -0.05) is 42.5 Å². The summed E-state index contributed by atoms with van der Waals surface area (Å²) in [6.45, 7) is 8.90.